The number of carbonyl (C=O) groups excluding carboxylic acids is 1. The van der Waals surface area contributed by atoms with Crippen LogP contribution in [0.5, 0.6) is 0 Å². The van der Waals surface area contributed by atoms with E-state index >= 15 is 0 Å². The van der Waals surface area contributed by atoms with E-state index in [1.165, 1.54) is 0 Å². The van der Waals surface area contributed by atoms with Crippen molar-refractivity contribution in [2.45, 2.75) is 77.9 Å². The summed E-state index contributed by atoms with van der Waals surface area (Å²) in [6.45, 7) is 12.6. The van der Waals surface area contributed by atoms with Crippen molar-refractivity contribution < 1.29 is 24.2 Å². The molecular weight excluding hydrogens is 288 g/mol. The lowest BCUT2D eigenvalue weighted by Gasteiger charge is -2.30. The Hall–Kier alpha value is -1.18. The zero-order valence-corrected chi connectivity index (χ0v) is 14.6. The molecule has 7 nitrogen and oxygen atoms in total. The van der Waals surface area contributed by atoms with Crippen LogP contribution in [0.1, 0.15) is 48.5 Å². The summed E-state index contributed by atoms with van der Waals surface area (Å²) < 4.78 is 11.0. The maximum Gasteiger partial charge on any atom is 0.328 e. The Kier molecular flexibility index (Phi) is 7.47. The normalized spacial score (nSPS) is 16.7. The van der Waals surface area contributed by atoms with Crippen LogP contribution in [-0.2, 0) is 19.1 Å². The van der Waals surface area contributed by atoms with Gasteiger partial charge in [0.05, 0.1) is 23.9 Å². The number of rotatable bonds is 7. The number of amides is 1. The van der Waals surface area contributed by atoms with E-state index in [4.69, 9.17) is 15.2 Å². The Morgan fingerprint density at radius 1 is 1.14 bits per heavy atom. The van der Waals surface area contributed by atoms with Crippen LogP contribution in [0.3, 0.4) is 0 Å². The van der Waals surface area contributed by atoms with E-state index in [-0.39, 0.29) is 6.61 Å². The molecule has 0 aromatic carbocycles. The van der Waals surface area contributed by atoms with Gasteiger partial charge >= 0.3 is 5.97 Å². The van der Waals surface area contributed by atoms with Crippen LogP contribution in [-0.4, -0.2) is 53.0 Å². The number of carboxylic acids is 1. The lowest BCUT2D eigenvalue weighted by molar-refractivity contribution is -0.150. The summed E-state index contributed by atoms with van der Waals surface area (Å²) in [4.78, 5) is 23.3. The third kappa shape index (κ3) is 8.96. The second kappa shape index (κ2) is 7.89. The van der Waals surface area contributed by atoms with E-state index in [0.717, 1.165) is 0 Å². The molecule has 0 saturated heterocycles. The number of carboxylic acid groups (broad SMARTS) is 1. The zero-order valence-electron chi connectivity index (χ0n) is 14.6. The van der Waals surface area contributed by atoms with Crippen LogP contribution in [0.25, 0.3) is 0 Å². The zero-order chi connectivity index (χ0) is 17.7. The van der Waals surface area contributed by atoms with E-state index in [9.17, 15) is 14.7 Å². The molecule has 0 aliphatic carbocycles. The molecule has 22 heavy (non-hydrogen) atoms. The number of aliphatic carboxylic acids is 1. The molecule has 7 heteroatoms. The Balaban J connectivity index is 4.68. The van der Waals surface area contributed by atoms with Gasteiger partial charge in [0.2, 0.25) is 5.91 Å². The number of hydrogen-bond acceptors (Lipinski definition) is 5. The molecule has 0 saturated carbocycles. The molecular formula is C15H30N2O5. The second-order valence-corrected chi connectivity index (χ2v) is 7.29. The van der Waals surface area contributed by atoms with E-state index in [1.807, 2.05) is 41.5 Å². The number of nitrogens with two attached hydrogens (primary N) is 1. The van der Waals surface area contributed by atoms with Gasteiger partial charge in [0.25, 0.3) is 0 Å². The number of nitrogens with one attached hydrogen (secondary N) is 1. The van der Waals surface area contributed by atoms with Crippen molar-refractivity contribution in [2.75, 3.05) is 6.61 Å². The minimum absolute atomic E-state index is 0.0101. The van der Waals surface area contributed by atoms with E-state index in [0.29, 0.717) is 0 Å². The Morgan fingerprint density at radius 2 is 1.64 bits per heavy atom. The van der Waals surface area contributed by atoms with E-state index in [1.54, 1.807) is 6.92 Å². The van der Waals surface area contributed by atoms with Crippen LogP contribution in [0.4, 0.5) is 0 Å². The lowest BCUT2D eigenvalue weighted by atomic mass is 10.1. The monoisotopic (exact) mass is 318 g/mol. The standard InChI is InChI=1S/C15H30N2O5/c1-9(22-15(5,6)7)11(13(19)20)17-12(18)10(16)8-21-14(2,3)4/h9-11H,8,16H2,1-7H3,(H,17,18)(H,19,20)/t9-,10+,11+/m1/s1. The molecule has 4 N–H and O–H groups in total. The fourth-order valence-electron chi connectivity index (χ4n) is 1.68. The minimum atomic E-state index is -1.17. The molecule has 0 rings (SSSR count). The number of hydrogen-bond donors (Lipinski definition) is 3. The molecule has 0 heterocycles. The van der Waals surface area contributed by atoms with Gasteiger partial charge < -0.3 is 25.6 Å². The summed E-state index contributed by atoms with van der Waals surface area (Å²) in [7, 11) is 0. The molecule has 1 amide bonds. The third-order valence-corrected chi connectivity index (χ3v) is 2.61. The number of ether oxygens (including phenoxy) is 2. The first-order valence-electron chi connectivity index (χ1n) is 7.33. The van der Waals surface area contributed by atoms with Crippen molar-refractivity contribution in [2.24, 2.45) is 5.73 Å². The van der Waals surface area contributed by atoms with Gasteiger partial charge in [-0.1, -0.05) is 0 Å². The van der Waals surface area contributed by atoms with Crippen LogP contribution < -0.4 is 11.1 Å². The molecule has 0 aromatic rings. The summed E-state index contributed by atoms with van der Waals surface area (Å²) in [5.41, 5.74) is 4.79. The van der Waals surface area contributed by atoms with E-state index < -0.39 is 41.3 Å². The van der Waals surface area contributed by atoms with Gasteiger partial charge in [0.15, 0.2) is 6.04 Å². The summed E-state index contributed by atoms with van der Waals surface area (Å²) in [6, 6.07) is -2.12. The molecule has 0 radical (unpaired) electrons. The van der Waals surface area contributed by atoms with Crippen LogP contribution in [0.15, 0.2) is 0 Å². The summed E-state index contributed by atoms with van der Waals surface area (Å²) in [5.74, 6) is -1.75. The Bertz CT molecular complexity index is 384. The van der Waals surface area contributed by atoms with Gasteiger partial charge in [-0.3, -0.25) is 4.79 Å². The van der Waals surface area contributed by atoms with Gasteiger partial charge in [-0.2, -0.15) is 0 Å². The fourth-order valence-corrected chi connectivity index (χ4v) is 1.68. The molecule has 0 aliphatic rings. The molecule has 3 atom stereocenters. The van der Waals surface area contributed by atoms with E-state index in [2.05, 4.69) is 5.32 Å². The molecule has 0 aliphatic heterocycles. The molecule has 0 spiro atoms. The highest BCUT2D eigenvalue weighted by atomic mass is 16.5. The molecule has 0 fully saturated rings. The topological polar surface area (TPSA) is 111 Å². The predicted octanol–water partition coefficient (Wildman–Crippen LogP) is 0.902. The SMILES string of the molecule is C[C@@H](OC(C)(C)C)[C@H](NC(=O)[C@@H](N)COC(C)(C)C)C(=O)O. The summed E-state index contributed by atoms with van der Waals surface area (Å²) in [6.07, 6.45) is -0.697. The van der Waals surface area contributed by atoms with Crippen LogP contribution in [0, 0.1) is 0 Å². The summed E-state index contributed by atoms with van der Waals surface area (Å²) >= 11 is 0. The third-order valence-electron chi connectivity index (χ3n) is 2.61. The lowest BCUT2D eigenvalue weighted by Crippen LogP contribution is -2.55. The molecule has 0 aromatic heterocycles. The highest BCUT2D eigenvalue weighted by Gasteiger charge is 2.32. The highest BCUT2D eigenvalue weighted by Crippen LogP contribution is 2.13. The predicted molar refractivity (Wildman–Crippen MR) is 83.5 cm³/mol. The van der Waals surface area contributed by atoms with Gasteiger partial charge in [0, 0.05) is 0 Å². The number of carbonyl (C=O) groups is 2. The Labute approximate surface area is 132 Å². The van der Waals surface area contributed by atoms with Gasteiger partial charge in [-0.05, 0) is 48.5 Å². The van der Waals surface area contributed by atoms with Crippen molar-refractivity contribution in [1.29, 1.82) is 0 Å². The Morgan fingerprint density at radius 3 is 2.00 bits per heavy atom. The van der Waals surface area contributed by atoms with Crippen molar-refractivity contribution in [3.63, 3.8) is 0 Å². The average Bonchev–Trinajstić information content (AvgIpc) is 2.28. The smallest absolute Gasteiger partial charge is 0.328 e. The maximum atomic E-state index is 12.0. The second-order valence-electron chi connectivity index (χ2n) is 7.29. The fraction of sp³-hybridized carbons (Fsp3) is 0.867. The van der Waals surface area contributed by atoms with Crippen molar-refractivity contribution in [1.82, 2.24) is 5.32 Å². The average molecular weight is 318 g/mol. The van der Waals surface area contributed by atoms with Crippen molar-refractivity contribution >= 4 is 11.9 Å². The van der Waals surface area contributed by atoms with Crippen LogP contribution in [0.2, 0.25) is 0 Å². The molecule has 0 bridgehead atoms. The summed E-state index contributed by atoms with van der Waals surface area (Å²) in [5, 5.41) is 11.7. The highest BCUT2D eigenvalue weighted by molar-refractivity contribution is 5.87. The quantitative estimate of drug-likeness (QED) is 0.643. The first-order valence-corrected chi connectivity index (χ1v) is 7.33. The van der Waals surface area contributed by atoms with Crippen LogP contribution >= 0.6 is 0 Å². The van der Waals surface area contributed by atoms with Crippen molar-refractivity contribution in [3.8, 4) is 0 Å². The van der Waals surface area contributed by atoms with Gasteiger partial charge in [-0.15, -0.1) is 0 Å². The largest absolute Gasteiger partial charge is 0.480 e. The van der Waals surface area contributed by atoms with Gasteiger partial charge in [-0.25, -0.2) is 4.79 Å². The molecule has 0 unspecified atom stereocenters. The first-order chi connectivity index (χ1) is 9.73. The van der Waals surface area contributed by atoms with Crippen molar-refractivity contribution in [3.05, 3.63) is 0 Å². The first kappa shape index (κ1) is 20.8. The minimum Gasteiger partial charge on any atom is -0.480 e. The maximum absolute atomic E-state index is 12.0. The molecule has 130 valence electrons. The van der Waals surface area contributed by atoms with Gasteiger partial charge in [0.1, 0.15) is 6.04 Å².